The molecule has 0 unspecified atom stereocenters. The quantitative estimate of drug-likeness (QED) is 0.384. The van der Waals surface area contributed by atoms with E-state index in [4.69, 9.17) is 0 Å². The monoisotopic (exact) mass is 166 g/mol. The van der Waals surface area contributed by atoms with Crippen LogP contribution in [0.2, 0.25) is 0 Å². The Balaban J connectivity index is 2.78. The molecule has 0 spiro atoms. The van der Waals surface area contributed by atoms with E-state index in [2.05, 4.69) is 32.3 Å². The van der Waals surface area contributed by atoms with E-state index < -0.39 is 0 Å². The van der Waals surface area contributed by atoms with E-state index in [-0.39, 0.29) is 0 Å². The maximum Gasteiger partial charge on any atom is 0.164 e. The highest BCUT2D eigenvalue weighted by molar-refractivity contribution is 5.73. The molecule has 12 heavy (non-hydrogen) atoms. The smallest absolute Gasteiger partial charge is 0.164 e. The summed E-state index contributed by atoms with van der Waals surface area (Å²) in [4.78, 5) is 0. The van der Waals surface area contributed by atoms with E-state index in [0.29, 0.717) is 0 Å². The van der Waals surface area contributed by atoms with Crippen LogP contribution in [0.5, 0.6) is 0 Å². The van der Waals surface area contributed by atoms with Crippen LogP contribution in [0.15, 0.2) is 11.1 Å². The number of nitrogens with zero attached hydrogens (tertiary/aromatic N) is 1. The van der Waals surface area contributed by atoms with Gasteiger partial charge in [-0.1, -0.05) is 5.57 Å². The second-order valence-corrected chi connectivity index (χ2v) is 4.08. The number of allylic oxidation sites excluding steroid dienone is 1. The van der Waals surface area contributed by atoms with Gasteiger partial charge in [-0.2, -0.15) is 0 Å². The molecule has 0 bridgehead atoms. The lowest BCUT2D eigenvalue weighted by molar-refractivity contribution is -0.527. The van der Waals surface area contributed by atoms with Gasteiger partial charge in [0, 0.05) is 20.3 Å². The topological polar surface area (TPSA) is 3.01 Å². The van der Waals surface area contributed by atoms with Crippen LogP contribution in [0, 0.1) is 0 Å². The fourth-order valence-corrected chi connectivity index (χ4v) is 1.66. The lowest BCUT2D eigenvalue weighted by atomic mass is 10.0. The zero-order chi connectivity index (χ0) is 9.14. The first-order valence-electron chi connectivity index (χ1n) is 4.81. The zero-order valence-electron chi connectivity index (χ0n) is 8.78. The van der Waals surface area contributed by atoms with E-state index in [1.165, 1.54) is 37.2 Å². The van der Waals surface area contributed by atoms with Crippen molar-refractivity contribution in [1.82, 2.24) is 0 Å². The molecule has 0 N–H and O–H groups in total. The van der Waals surface area contributed by atoms with Crippen LogP contribution in [0.1, 0.15) is 40.5 Å². The van der Waals surface area contributed by atoms with Gasteiger partial charge in [0.15, 0.2) is 6.54 Å². The standard InChI is InChI=1S/C11H20N/c1-9(2)11-6-5-7-12(8-11)10(3)4/h5-8H2,1-4H3/q+1. The molecular formula is C11H20N+. The lowest BCUT2D eigenvalue weighted by Crippen LogP contribution is -2.26. The third-order valence-corrected chi connectivity index (χ3v) is 2.63. The van der Waals surface area contributed by atoms with Gasteiger partial charge in [-0.05, 0) is 25.8 Å². The first-order valence-corrected chi connectivity index (χ1v) is 4.81. The van der Waals surface area contributed by atoms with Crippen LogP contribution in [0.25, 0.3) is 0 Å². The molecule has 0 aliphatic carbocycles. The Kier molecular flexibility index (Phi) is 3.07. The third-order valence-electron chi connectivity index (χ3n) is 2.63. The Morgan fingerprint density at radius 2 is 1.83 bits per heavy atom. The molecule has 68 valence electrons. The van der Waals surface area contributed by atoms with Crippen molar-refractivity contribution in [3.63, 3.8) is 0 Å². The molecule has 1 saturated heterocycles. The fourth-order valence-electron chi connectivity index (χ4n) is 1.66. The highest BCUT2D eigenvalue weighted by Crippen LogP contribution is 2.16. The summed E-state index contributed by atoms with van der Waals surface area (Å²) in [5.41, 5.74) is 4.61. The summed E-state index contributed by atoms with van der Waals surface area (Å²) in [6.45, 7) is 11.3. The van der Waals surface area contributed by atoms with Gasteiger partial charge in [0.2, 0.25) is 0 Å². The third kappa shape index (κ3) is 2.20. The largest absolute Gasteiger partial charge is 0.234 e. The van der Waals surface area contributed by atoms with Crippen molar-refractivity contribution < 1.29 is 4.58 Å². The normalized spacial score (nSPS) is 18.0. The van der Waals surface area contributed by atoms with Gasteiger partial charge in [0.1, 0.15) is 12.3 Å². The maximum absolute atomic E-state index is 2.48. The molecule has 1 heteroatoms. The van der Waals surface area contributed by atoms with Crippen LogP contribution in [0.4, 0.5) is 0 Å². The Morgan fingerprint density at radius 1 is 1.17 bits per heavy atom. The summed E-state index contributed by atoms with van der Waals surface area (Å²) < 4.78 is 2.48. The minimum atomic E-state index is 1.17. The van der Waals surface area contributed by atoms with Crippen molar-refractivity contribution in [3.8, 4) is 0 Å². The minimum absolute atomic E-state index is 1.17. The van der Waals surface area contributed by atoms with Crippen molar-refractivity contribution >= 4 is 5.71 Å². The Morgan fingerprint density at radius 3 is 2.33 bits per heavy atom. The first kappa shape index (κ1) is 9.50. The zero-order valence-corrected chi connectivity index (χ0v) is 8.78. The molecule has 1 rings (SSSR count). The van der Waals surface area contributed by atoms with Gasteiger partial charge >= 0.3 is 0 Å². The van der Waals surface area contributed by atoms with Crippen LogP contribution in [0.3, 0.4) is 0 Å². The van der Waals surface area contributed by atoms with Crippen molar-refractivity contribution in [2.45, 2.75) is 40.5 Å². The molecule has 1 aliphatic rings. The Hall–Kier alpha value is -0.590. The number of hydrogen-bond acceptors (Lipinski definition) is 0. The van der Waals surface area contributed by atoms with Crippen molar-refractivity contribution in [3.05, 3.63) is 11.1 Å². The van der Waals surface area contributed by atoms with E-state index in [1.807, 2.05) is 0 Å². The minimum Gasteiger partial charge on any atom is -0.234 e. The van der Waals surface area contributed by atoms with Crippen LogP contribution in [-0.2, 0) is 0 Å². The molecule has 0 amide bonds. The number of rotatable bonds is 0. The molecule has 0 aromatic rings. The molecule has 0 aromatic heterocycles. The van der Waals surface area contributed by atoms with Crippen LogP contribution in [-0.4, -0.2) is 23.4 Å². The molecule has 0 radical (unpaired) electrons. The molecule has 1 aliphatic heterocycles. The highest BCUT2D eigenvalue weighted by atomic mass is 15.0. The molecule has 1 nitrogen and oxygen atoms in total. The lowest BCUT2D eigenvalue weighted by Gasteiger charge is -2.16. The molecule has 0 aromatic carbocycles. The van der Waals surface area contributed by atoms with Crippen LogP contribution >= 0.6 is 0 Å². The SMILES string of the molecule is CC(C)=C1CCC[N+](=C(C)C)C1. The molecule has 1 fully saturated rings. The second kappa shape index (κ2) is 3.88. The fraction of sp³-hybridized carbons (Fsp3) is 0.727. The van der Waals surface area contributed by atoms with E-state index >= 15 is 0 Å². The highest BCUT2D eigenvalue weighted by Gasteiger charge is 2.17. The van der Waals surface area contributed by atoms with Gasteiger partial charge in [-0.3, -0.25) is 0 Å². The average molecular weight is 166 g/mol. The average Bonchev–Trinajstić information content (AvgIpc) is 2.04. The number of hydrogen-bond donors (Lipinski definition) is 0. The van der Waals surface area contributed by atoms with Crippen molar-refractivity contribution in [1.29, 1.82) is 0 Å². The van der Waals surface area contributed by atoms with Crippen molar-refractivity contribution in [2.75, 3.05) is 13.1 Å². The van der Waals surface area contributed by atoms with E-state index in [0.717, 1.165) is 0 Å². The van der Waals surface area contributed by atoms with Gasteiger partial charge in [0.05, 0.1) is 0 Å². The molecular weight excluding hydrogens is 146 g/mol. The summed E-state index contributed by atoms with van der Waals surface area (Å²) in [6.07, 6.45) is 2.64. The van der Waals surface area contributed by atoms with Gasteiger partial charge in [0.25, 0.3) is 0 Å². The second-order valence-electron chi connectivity index (χ2n) is 4.08. The number of piperidine rings is 1. The first-order chi connectivity index (χ1) is 5.61. The Bertz CT molecular complexity index is 201. The molecule has 0 atom stereocenters. The van der Waals surface area contributed by atoms with Gasteiger partial charge < -0.3 is 0 Å². The summed E-state index contributed by atoms with van der Waals surface area (Å²) in [5, 5.41) is 0. The molecule has 0 saturated carbocycles. The van der Waals surface area contributed by atoms with E-state index in [9.17, 15) is 0 Å². The summed E-state index contributed by atoms with van der Waals surface area (Å²) in [5.74, 6) is 0. The maximum atomic E-state index is 2.48. The van der Waals surface area contributed by atoms with Gasteiger partial charge in [-0.15, -0.1) is 0 Å². The molecule has 1 heterocycles. The summed E-state index contributed by atoms with van der Waals surface area (Å²) >= 11 is 0. The predicted octanol–water partition coefficient (Wildman–Crippen LogP) is 2.61. The summed E-state index contributed by atoms with van der Waals surface area (Å²) in [6, 6.07) is 0. The van der Waals surface area contributed by atoms with Crippen LogP contribution < -0.4 is 0 Å². The van der Waals surface area contributed by atoms with Crippen molar-refractivity contribution in [2.24, 2.45) is 0 Å². The summed E-state index contributed by atoms with van der Waals surface area (Å²) in [7, 11) is 0. The predicted molar refractivity (Wildman–Crippen MR) is 54.0 cm³/mol. The Labute approximate surface area is 75.8 Å². The van der Waals surface area contributed by atoms with Gasteiger partial charge in [-0.25, -0.2) is 4.58 Å². The van der Waals surface area contributed by atoms with E-state index in [1.54, 1.807) is 5.57 Å².